The highest BCUT2D eigenvalue weighted by Crippen LogP contribution is 2.48. The largest absolute Gasteiger partial charge is 0.444 e. The Morgan fingerprint density at radius 3 is 2.67 bits per heavy atom. The summed E-state index contributed by atoms with van der Waals surface area (Å²) in [5.41, 5.74) is 2.44. The number of carbonyl (C=O) groups excluding carboxylic acids is 1. The molecule has 0 bridgehead atoms. The number of benzene rings is 2. The summed E-state index contributed by atoms with van der Waals surface area (Å²) in [5.74, 6) is -1.77. The van der Waals surface area contributed by atoms with E-state index in [9.17, 15) is 13.6 Å². The van der Waals surface area contributed by atoms with Crippen LogP contribution >= 0.6 is 0 Å². The summed E-state index contributed by atoms with van der Waals surface area (Å²) in [6.45, 7) is 8.88. The van der Waals surface area contributed by atoms with Gasteiger partial charge in [0, 0.05) is 66.9 Å². The topological polar surface area (TPSA) is 102 Å². The van der Waals surface area contributed by atoms with Crippen LogP contribution in [0.3, 0.4) is 0 Å². The standard InChI is InChI=1S/C34H38F2N6O3/c1-21-12-13-24-25(9-5-11-27(24)39-19-22-18-34(22,35)36)29(21)44-30-26(10-6-15-37-30)28-14-16-38-31(41-28)40-23-8-7-17-42(20-23)32(43)45-33(2,3)4/h5-6,9-16,22-23,39H,7-8,17-20H2,1-4H3,(H,38,40,41)/t22?,23-/m0/s1. The number of pyridine rings is 1. The minimum absolute atomic E-state index is 0.0292. The number of carbonyl (C=O) groups is 1. The number of halogens is 2. The molecule has 45 heavy (non-hydrogen) atoms. The van der Waals surface area contributed by atoms with Gasteiger partial charge in [-0.2, -0.15) is 0 Å². The summed E-state index contributed by atoms with van der Waals surface area (Å²) >= 11 is 0. The average molecular weight is 617 g/mol. The van der Waals surface area contributed by atoms with Gasteiger partial charge in [0.05, 0.1) is 11.3 Å². The molecule has 11 heteroatoms. The van der Waals surface area contributed by atoms with Crippen LogP contribution in [0.4, 0.5) is 25.2 Å². The summed E-state index contributed by atoms with van der Waals surface area (Å²) < 4.78 is 39.0. The molecule has 1 amide bonds. The fourth-order valence-corrected chi connectivity index (χ4v) is 5.56. The van der Waals surface area contributed by atoms with Crippen LogP contribution in [0.2, 0.25) is 0 Å². The van der Waals surface area contributed by atoms with Crippen LogP contribution in [0.15, 0.2) is 60.9 Å². The molecule has 2 fully saturated rings. The highest BCUT2D eigenvalue weighted by atomic mass is 19.3. The van der Waals surface area contributed by atoms with Crippen molar-refractivity contribution < 1.29 is 23.0 Å². The second-order valence-corrected chi connectivity index (χ2v) is 12.8. The maximum atomic E-state index is 13.5. The first-order chi connectivity index (χ1) is 21.5. The first kappa shape index (κ1) is 30.5. The SMILES string of the molecule is Cc1ccc2c(NCC3CC3(F)F)cccc2c1Oc1ncccc1-c1ccnc(N[C@H]2CCCN(C(=O)OC(C)(C)C)C2)n1. The molecule has 2 aromatic carbocycles. The number of fused-ring (bicyclic) bond motifs is 1. The van der Waals surface area contributed by atoms with Gasteiger partial charge in [0.1, 0.15) is 11.4 Å². The monoisotopic (exact) mass is 616 g/mol. The number of piperidine rings is 1. The maximum Gasteiger partial charge on any atom is 0.410 e. The van der Waals surface area contributed by atoms with Crippen molar-refractivity contribution in [3.8, 4) is 22.9 Å². The van der Waals surface area contributed by atoms with E-state index in [4.69, 9.17) is 14.5 Å². The Labute approximate surface area is 261 Å². The number of rotatable bonds is 8. The Morgan fingerprint density at radius 1 is 1.07 bits per heavy atom. The Balaban J connectivity index is 1.21. The Morgan fingerprint density at radius 2 is 1.89 bits per heavy atom. The average Bonchev–Trinajstić information content (AvgIpc) is 3.62. The Bertz CT molecular complexity index is 1710. The van der Waals surface area contributed by atoms with E-state index < -0.39 is 17.4 Å². The highest BCUT2D eigenvalue weighted by molar-refractivity contribution is 5.98. The smallest absolute Gasteiger partial charge is 0.410 e. The molecule has 6 rings (SSSR count). The lowest BCUT2D eigenvalue weighted by Crippen LogP contribution is -2.47. The van der Waals surface area contributed by atoms with E-state index in [0.29, 0.717) is 41.9 Å². The fourth-order valence-electron chi connectivity index (χ4n) is 5.56. The summed E-state index contributed by atoms with van der Waals surface area (Å²) in [4.78, 5) is 28.1. The molecule has 0 radical (unpaired) electrons. The number of anilines is 2. The lowest BCUT2D eigenvalue weighted by molar-refractivity contribution is 0.0206. The third-order valence-corrected chi connectivity index (χ3v) is 8.01. The molecule has 1 saturated heterocycles. The number of alkyl halides is 2. The molecule has 0 spiro atoms. The second kappa shape index (κ2) is 12.1. The zero-order valence-electron chi connectivity index (χ0n) is 25.9. The minimum atomic E-state index is -2.58. The zero-order chi connectivity index (χ0) is 31.8. The molecule has 2 atom stereocenters. The van der Waals surface area contributed by atoms with E-state index in [0.717, 1.165) is 34.9 Å². The molecule has 2 N–H and O–H groups in total. The first-order valence-electron chi connectivity index (χ1n) is 15.3. The number of aryl methyl sites for hydroxylation is 1. The third-order valence-electron chi connectivity index (χ3n) is 8.01. The van der Waals surface area contributed by atoms with Crippen molar-refractivity contribution in [3.63, 3.8) is 0 Å². The summed E-state index contributed by atoms with van der Waals surface area (Å²) in [6.07, 6.45) is 4.65. The molecule has 3 heterocycles. The molecule has 1 aliphatic carbocycles. The molecule has 4 aromatic rings. The van der Waals surface area contributed by atoms with E-state index in [1.807, 2.05) is 70.2 Å². The van der Waals surface area contributed by atoms with Gasteiger partial charge in [-0.3, -0.25) is 0 Å². The van der Waals surface area contributed by atoms with Gasteiger partial charge in [0.25, 0.3) is 5.92 Å². The van der Waals surface area contributed by atoms with Crippen LogP contribution in [0.5, 0.6) is 11.6 Å². The molecular formula is C34H38F2N6O3. The number of nitrogens with zero attached hydrogens (tertiary/aromatic N) is 4. The quantitative estimate of drug-likeness (QED) is 0.208. The predicted molar refractivity (Wildman–Crippen MR) is 170 cm³/mol. The number of hydrogen-bond acceptors (Lipinski definition) is 8. The molecule has 236 valence electrons. The highest BCUT2D eigenvalue weighted by Gasteiger charge is 2.56. The lowest BCUT2D eigenvalue weighted by atomic mass is 10.0. The molecular weight excluding hydrogens is 578 g/mol. The zero-order valence-corrected chi connectivity index (χ0v) is 25.9. The fraction of sp³-hybridized carbons (Fsp3) is 0.412. The minimum Gasteiger partial charge on any atom is -0.444 e. The number of nitrogens with one attached hydrogen (secondary N) is 2. The van der Waals surface area contributed by atoms with E-state index >= 15 is 0 Å². The van der Waals surface area contributed by atoms with Crippen molar-refractivity contribution in [1.82, 2.24) is 19.9 Å². The van der Waals surface area contributed by atoms with Gasteiger partial charge in [0.2, 0.25) is 11.8 Å². The van der Waals surface area contributed by atoms with Crippen molar-refractivity contribution in [2.45, 2.75) is 64.5 Å². The molecule has 2 aliphatic rings. The molecule has 1 aliphatic heterocycles. The van der Waals surface area contributed by atoms with Gasteiger partial charge in [-0.15, -0.1) is 0 Å². The van der Waals surface area contributed by atoms with Gasteiger partial charge < -0.3 is 25.0 Å². The third kappa shape index (κ3) is 7.08. The Kier molecular flexibility index (Phi) is 8.20. The van der Waals surface area contributed by atoms with Crippen LogP contribution in [-0.2, 0) is 4.74 Å². The summed E-state index contributed by atoms with van der Waals surface area (Å²) in [7, 11) is 0. The van der Waals surface area contributed by atoms with Crippen LogP contribution in [-0.4, -0.2) is 63.1 Å². The molecule has 9 nitrogen and oxygen atoms in total. The van der Waals surface area contributed by atoms with Crippen molar-refractivity contribution in [2.75, 3.05) is 30.3 Å². The van der Waals surface area contributed by atoms with Crippen molar-refractivity contribution in [2.24, 2.45) is 5.92 Å². The van der Waals surface area contributed by atoms with Crippen LogP contribution in [0.1, 0.15) is 45.6 Å². The maximum absolute atomic E-state index is 13.5. The van der Waals surface area contributed by atoms with Gasteiger partial charge in [-0.25, -0.2) is 28.5 Å². The van der Waals surface area contributed by atoms with E-state index in [1.165, 1.54) is 0 Å². The van der Waals surface area contributed by atoms with Gasteiger partial charge in [0.15, 0.2) is 0 Å². The summed E-state index contributed by atoms with van der Waals surface area (Å²) in [6, 6.07) is 15.1. The van der Waals surface area contributed by atoms with Crippen LogP contribution < -0.4 is 15.4 Å². The van der Waals surface area contributed by atoms with E-state index in [1.54, 1.807) is 23.4 Å². The number of ether oxygens (including phenoxy) is 2. The first-order valence-corrected chi connectivity index (χ1v) is 15.3. The second-order valence-electron chi connectivity index (χ2n) is 12.8. The molecule has 1 unspecified atom stereocenters. The number of aromatic nitrogens is 3. The predicted octanol–water partition coefficient (Wildman–Crippen LogP) is 7.67. The van der Waals surface area contributed by atoms with Gasteiger partial charge in [-0.05, 0) is 70.4 Å². The van der Waals surface area contributed by atoms with Crippen LogP contribution in [0.25, 0.3) is 22.0 Å². The number of likely N-dealkylation sites (tertiary alicyclic amines) is 1. The normalized spacial score (nSPS) is 19.2. The van der Waals surface area contributed by atoms with E-state index in [2.05, 4.69) is 20.6 Å². The molecule has 1 saturated carbocycles. The van der Waals surface area contributed by atoms with Gasteiger partial charge >= 0.3 is 6.09 Å². The van der Waals surface area contributed by atoms with Crippen molar-refractivity contribution >= 4 is 28.5 Å². The van der Waals surface area contributed by atoms with Crippen LogP contribution in [0, 0.1) is 12.8 Å². The lowest BCUT2D eigenvalue weighted by Gasteiger charge is -2.34. The number of hydrogen-bond donors (Lipinski definition) is 2. The van der Waals surface area contributed by atoms with Crippen molar-refractivity contribution in [3.05, 3.63) is 66.5 Å². The number of amides is 1. The van der Waals surface area contributed by atoms with Crippen molar-refractivity contribution in [1.29, 1.82) is 0 Å². The van der Waals surface area contributed by atoms with E-state index in [-0.39, 0.29) is 25.1 Å². The Hall–Kier alpha value is -4.54. The molecule has 2 aromatic heterocycles. The van der Waals surface area contributed by atoms with Gasteiger partial charge in [-0.1, -0.05) is 24.3 Å². The summed E-state index contributed by atoms with van der Waals surface area (Å²) in [5, 5.41) is 8.32.